The lowest BCUT2D eigenvalue weighted by Gasteiger charge is -2.45. The van der Waals surface area contributed by atoms with Crippen molar-refractivity contribution in [2.45, 2.75) is 63.5 Å². The molecule has 1 saturated carbocycles. The predicted molar refractivity (Wildman–Crippen MR) is 84.6 cm³/mol. The van der Waals surface area contributed by atoms with Gasteiger partial charge in [0.2, 0.25) is 0 Å². The van der Waals surface area contributed by atoms with E-state index in [0.717, 1.165) is 31.8 Å². The lowest BCUT2D eigenvalue weighted by molar-refractivity contribution is -0.122. The molecule has 1 aromatic rings. The van der Waals surface area contributed by atoms with Crippen LogP contribution in [0.3, 0.4) is 0 Å². The molecule has 1 N–H and O–H groups in total. The molecule has 2 aliphatic rings. The maximum Gasteiger partial charge on any atom is 0.193 e. The summed E-state index contributed by atoms with van der Waals surface area (Å²) in [5.74, 6) is 1.54. The maximum atomic E-state index is 6.22. The van der Waals surface area contributed by atoms with Crippen LogP contribution in [-0.2, 0) is 4.74 Å². The van der Waals surface area contributed by atoms with Crippen LogP contribution in [0.25, 0.3) is 0 Å². The first-order valence-corrected chi connectivity index (χ1v) is 8.73. The zero-order valence-electron chi connectivity index (χ0n) is 12.9. The highest BCUT2D eigenvalue weighted by Gasteiger charge is 2.41. The SMILES string of the molecule is CCNC(c1ccc(Cl)o1)C1CCOC2(CCCCC2)C1. The lowest BCUT2D eigenvalue weighted by atomic mass is 9.73. The van der Waals surface area contributed by atoms with Crippen LogP contribution in [0.2, 0.25) is 5.22 Å². The van der Waals surface area contributed by atoms with E-state index >= 15 is 0 Å². The standard InChI is InChI=1S/C17H26ClNO2/c1-2-19-16(14-6-7-15(18)21-14)13-8-11-20-17(12-13)9-4-3-5-10-17/h6-7,13,16,19H,2-5,8-12H2,1H3. The highest BCUT2D eigenvalue weighted by atomic mass is 35.5. The number of halogens is 1. The molecule has 2 atom stereocenters. The lowest BCUT2D eigenvalue weighted by Crippen LogP contribution is -2.44. The van der Waals surface area contributed by atoms with Gasteiger partial charge in [0.15, 0.2) is 5.22 Å². The monoisotopic (exact) mass is 311 g/mol. The minimum Gasteiger partial charge on any atom is -0.448 e. The Morgan fingerprint density at radius 1 is 1.33 bits per heavy atom. The first kappa shape index (κ1) is 15.4. The van der Waals surface area contributed by atoms with E-state index in [9.17, 15) is 0 Å². The molecule has 4 heteroatoms. The van der Waals surface area contributed by atoms with Crippen molar-refractivity contribution in [1.82, 2.24) is 5.32 Å². The van der Waals surface area contributed by atoms with Crippen LogP contribution in [0.5, 0.6) is 0 Å². The van der Waals surface area contributed by atoms with E-state index in [1.807, 2.05) is 12.1 Å². The Hall–Kier alpha value is -0.510. The molecule has 21 heavy (non-hydrogen) atoms. The van der Waals surface area contributed by atoms with Crippen molar-refractivity contribution in [3.63, 3.8) is 0 Å². The second kappa shape index (κ2) is 6.72. The highest BCUT2D eigenvalue weighted by Crippen LogP contribution is 2.44. The van der Waals surface area contributed by atoms with Crippen molar-refractivity contribution in [3.8, 4) is 0 Å². The van der Waals surface area contributed by atoms with Crippen molar-refractivity contribution in [2.24, 2.45) is 5.92 Å². The summed E-state index contributed by atoms with van der Waals surface area (Å²) in [7, 11) is 0. The fourth-order valence-corrected chi connectivity index (χ4v) is 4.26. The third-order valence-corrected chi connectivity index (χ3v) is 5.29. The number of ether oxygens (including phenoxy) is 1. The topological polar surface area (TPSA) is 34.4 Å². The molecule has 1 spiro atoms. The first-order chi connectivity index (χ1) is 10.2. The van der Waals surface area contributed by atoms with E-state index in [-0.39, 0.29) is 11.6 Å². The van der Waals surface area contributed by atoms with Gasteiger partial charge in [-0.15, -0.1) is 0 Å². The molecule has 0 radical (unpaired) electrons. The predicted octanol–water partition coefficient (Wildman–Crippen LogP) is 4.71. The normalized spacial score (nSPS) is 26.9. The van der Waals surface area contributed by atoms with Gasteiger partial charge in [-0.3, -0.25) is 0 Å². The van der Waals surface area contributed by atoms with Gasteiger partial charge in [0.25, 0.3) is 0 Å². The summed E-state index contributed by atoms with van der Waals surface area (Å²) >= 11 is 5.97. The molecule has 1 saturated heterocycles. The fraction of sp³-hybridized carbons (Fsp3) is 0.765. The van der Waals surface area contributed by atoms with Gasteiger partial charge in [-0.05, 0) is 61.9 Å². The number of rotatable bonds is 4. The largest absolute Gasteiger partial charge is 0.448 e. The Balaban J connectivity index is 1.75. The highest BCUT2D eigenvalue weighted by molar-refractivity contribution is 6.28. The summed E-state index contributed by atoms with van der Waals surface area (Å²) in [6.07, 6.45) is 8.67. The van der Waals surface area contributed by atoms with Crippen LogP contribution in [0.1, 0.15) is 63.7 Å². The molecule has 1 aliphatic heterocycles. The zero-order chi connectivity index (χ0) is 14.7. The number of nitrogens with one attached hydrogen (secondary N) is 1. The van der Waals surface area contributed by atoms with Crippen LogP contribution in [0.15, 0.2) is 16.5 Å². The molecule has 3 rings (SSSR count). The molecule has 1 aromatic heterocycles. The quantitative estimate of drug-likeness (QED) is 0.874. The maximum absolute atomic E-state index is 6.22. The van der Waals surface area contributed by atoms with Crippen molar-refractivity contribution in [1.29, 1.82) is 0 Å². The van der Waals surface area contributed by atoms with Crippen LogP contribution in [0, 0.1) is 5.92 Å². The van der Waals surface area contributed by atoms with Gasteiger partial charge in [0, 0.05) is 6.61 Å². The average molecular weight is 312 g/mol. The fourth-order valence-electron chi connectivity index (χ4n) is 4.11. The first-order valence-electron chi connectivity index (χ1n) is 8.35. The van der Waals surface area contributed by atoms with Gasteiger partial charge in [-0.1, -0.05) is 26.2 Å². The smallest absolute Gasteiger partial charge is 0.193 e. The molecule has 1 aliphatic carbocycles. The summed E-state index contributed by atoms with van der Waals surface area (Å²) in [5, 5.41) is 4.08. The molecule has 3 nitrogen and oxygen atoms in total. The van der Waals surface area contributed by atoms with Crippen molar-refractivity contribution in [3.05, 3.63) is 23.1 Å². The number of furan rings is 1. The van der Waals surface area contributed by atoms with Gasteiger partial charge < -0.3 is 14.5 Å². The minimum absolute atomic E-state index is 0.130. The second-order valence-electron chi connectivity index (χ2n) is 6.52. The molecule has 118 valence electrons. The molecule has 2 unspecified atom stereocenters. The molecule has 0 bridgehead atoms. The van der Waals surface area contributed by atoms with Crippen molar-refractivity contribution in [2.75, 3.05) is 13.2 Å². The zero-order valence-corrected chi connectivity index (χ0v) is 13.6. The Bertz CT molecular complexity index is 448. The Labute approximate surface area is 132 Å². The molecule has 0 aromatic carbocycles. The Kier molecular flexibility index (Phi) is 4.92. The van der Waals surface area contributed by atoms with Gasteiger partial charge in [0.1, 0.15) is 5.76 Å². The van der Waals surface area contributed by atoms with Crippen LogP contribution < -0.4 is 5.32 Å². The van der Waals surface area contributed by atoms with Crippen LogP contribution in [0.4, 0.5) is 0 Å². The van der Waals surface area contributed by atoms with Crippen molar-refractivity contribution >= 4 is 11.6 Å². The van der Waals surface area contributed by atoms with Gasteiger partial charge >= 0.3 is 0 Å². The van der Waals surface area contributed by atoms with E-state index in [1.165, 1.54) is 32.1 Å². The number of hydrogen-bond acceptors (Lipinski definition) is 3. The van der Waals surface area contributed by atoms with E-state index in [2.05, 4.69) is 12.2 Å². The van der Waals surface area contributed by atoms with Gasteiger partial charge in [-0.25, -0.2) is 0 Å². The van der Waals surface area contributed by atoms with Gasteiger partial charge in [-0.2, -0.15) is 0 Å². The average Bonchev–Trinajstić information content (AvgIpc) is 2.92. The summed E-state index contributed by atoms with van der Waals surface area (Å²) in [6, 6.07) is 4.11. The summed E-state index contributed by atoms with van der Waals surface area (Å²) in [6.45, 7) is 3.96. The minimum atomic E-state index is 0.130. The molecule has 0 amide bonds. The van der Waals surface area contributed by atoms with E-state index < -0.39 is 0 Å². The summed E-state index contributed by atoms with van der Waals surface area (Å²) in [4.78, 5) is 0. The molecular weight excluding hydrogens is 286 g/mol. The van der Waals surface area contributed by atoms with E-state index in [1.54, 1.807) is 0 Å². The second-order valence-corrected chi connectivity index (χ2v) is 6.89. The Morgan fingerprint density at radius 3 is 2.81 bits per heavy atom. The summed E-state index contributed by atoms with van der Waals surface area (Å²) < 4.78 is 11.9. The third kappa shape index (κ3) is 3.46. The molecule has 2 heterocycles. The molecular formula is C17H26ClNO2. The molecule has 2 fully saturated rings. The summed E-state index contributed by atoms with van der Waals surface area (Å²) in [5.41, 5.74) is 0.130. The van der Waals surface area contributed by atoms with Crippen LogP contribution in [-0.4, -0.2) is 18.8 Å². The third-order valence-electron chi connectivity index (χ3n) is 5.09. The van der Waals surface area contributed by atoms with E-state index in [4.69, 9.17) is 20.8 Å². The van der Waals surface area contributed by atoms with Crippen LogP contribution >= 0.6 is 11.6 Å². The van der Waals surface area contributed by atoms with Gasteiger partial charge in [0.05, 0.1) is 11.6 Å². The van der Waals surface area contributed by atoms with Crippen molar-refractivity contribution < 1.29 is 9.15 Å². The Morgan fingerprint density at radius 2 is 2.14 bits per heavy atom. The van der Waals surface area contributed by atoms with E-state index in [0.29, 0.717) is 11.1 Å². The number of hydrogen-bond donors (Lipinski definition) is 1.